The maximum absolute atomic E-state index is 14.1. The van der Waals surface area contributed by atoms with Crippen LogP contribution in [0, 0.1) is 17.1 Å². The molecule has 12 nitrogen and oxygen atoms in total. The molecule has 1 saturated heterocycles. The van der Waals surface area contributed by atoms with Crippen LogP contribution in [0.2, 0.25) is 0 Å². The third-order valence-electron chi connectivity index (χ3n) is 5.16. The Morgan fingerprint density at radius 3 is 2.33 bits per heavy atom. The van der Waals surface area contributed by atoms with Crippen LogP contribution in [0.25, 0.3) is 0 Å². The summed E-state index contributed by atoms with van der Waals surface area (Å²) in [6.45, 7) is 1.21. The van der Waals surface area contributed by atoms with Gasteiger partial charge < -0.3 is 30.9 Å². The van der Waals surface area contributed by atoms with E-state index in [1.54, 1.807) is 0 Å². The largest absolute Gasteiger partial charge is 0.490 e. The number of anilines is 1. The summed E-state index contributed by atoms with van der Waals surface area (Å²) in [5.74, 6) is -6.21. The quantitative estimate of drug-likeness (QED) is 0.102. The van der Waals surface area contributed by atoms with Gasteiger partial charge in [0.2, 0.25) is 5.91 Å². The number of halogens is 4. The number of rotatable bonds is 8. The number of nitrogen functional groups attached to an aromatic ring is 1. The Morgan fingerprint density at radius 2 is 1.82 bits per heavy atom. The lowest BCUT2D eigenvalue weighted by Crippen LogP contribution is -2.41. The molecule has 17 heteroatoms. The van der Waals surface area contributed by atoms with Gasteiger partial charge in [-0.25, -0.2) is 19.0 Å². The number of nitrogens with one attached hydrogen (secondary N) is 2. The second-order valence-electron chi connectivity index (χ2n) is 7.95. The molecular weight excluding hydrogens is 554 g/mol. The van der Waals surface area contributed by atoms with Gasteiger partial charge in [-0.05, 0) is 31.0 Å². The Hall–Kier alpha value is -4.28. The number of hydrogen-bond donors (Lipinski definition) is 5. The number of carbonyl (C=O) groups is 4. The molecule has 212 valence electrons. The number of ether oxygens (including phenoxy) is 1. The van der Waals surface area contributed by atoms with Crippen molar-refractivity contribution in [1.82, 2.24) is 10.3 Å². The first-order chi connectivity index (χ1) is 18.2. The van der Waals surface area contributed by atoms with Crippen molar-refractivity contribution in [3.63, 3.8) is 0 Å². The van der Waals surface area contributed by atoms with Crippen molar-refractivity contribution in [2.45, 2.75) is 25.4 Å². The molecule has 0 bridgehead atoms. The number of piperidine rings is 1. The van der Waals surface area contributed by atoms with Gasteiger partial charge >= 0.3 is 24.1 Å². The second-order valence-corrected chi connectivity index (χ2v) is 8.96. The average Bonchev–Trinajstić information content (AvgIpc) is 3.35. The van der Waals surface area contributed by atoms with Gasteiger partial charge in [-0.3, -0.25) is 15.0 Å². The summed E-state index contributed by atoms with van der Waals surface area (Å²) in [7, 11) is 0. The molecule has 39 heavy (non-hydrogen) atoms. The summed E-state index contributed by atoms with van der Waals surface area (Å²) in [4.78, 5) is 50.3. The molecule has 0 aliphatic carbocycles. The topological polar surface area (TPSA) is 196 Å². The monoisotopic (exact) mass is 577 g/mol. The van der Waals surface area contributed by atoms with Crippen LogP contribution in [-0.4, -0.2) is 70.7 Å². The maximum Gasteiger partial charge on any atom is 0.490 e. The first kappa shape index (κ1) is 30.9. The molecule has 1 aromatic heterocycles. The van der Waals surface area contributed by atoms with Crippen LogP contribution in [0.3, 0.4) is 0 Å². The minimum absolute atomic E-state index is 0.102. The smallest absolute Gasteiger partial charge is 0.481 e. The Kier molecular flexibility index (Phi) is 10.7. The number of nitrogens with two attached hydrogens (primary N) is 1. The summed E-state index contributed by atoms with van der Waals surface area (Å²) >= 11 is 1.11. The molecule has 0 saturated carbocycles. The maximum atomic E-state index is 14.1. The number of carboxylic acids is 2. The molecule has 3 rings (SSSR count). The van der Waals surface area contributed by atoms with Crippen LogP contribution in [0.1, 0.15) is 34.5 Å². The number of thiazole rings is 1. The normalized spacial score (nSPS) is 13.6. The van der Waals surface area contributed by atoms with Gasteiger partial charge in [0, 0.05) is 31.1 Å². The minimum Gasteiger partial charge on any atom is -0.481 e. The van der Waals surface area contributed by atoms with Gasteiger partial charge in [0.05, 0.1) is 12.6 Å². The summed E-state index contributed by atoms with van der Waals surface area (Å²) in [6.07, 6.45) is -2.69. The zero-order chi connectivity index (χ0) is 29.3. The number of hydrogen-bond acceptors (Lipinski definition) is 9. The number of nitrogens with zero attached hydrogens (tertiary/aromatic N) is 2. The van der Waals surface area contributed by atoms with Gasteiger partial charge in [-0.2, -0.15) is 13.2 Å². The third kappa shape index (κ3) is 9.51. The van der Waals surface area contributed by atoms with Crippen LogP contribution in [-0.2, 0) is 14.4 Å². The van der Waals surface area contributed by atoms with Crippen molar-refractivity contribution in [3.8, 4) is 5.75 Å². The predicted octanol–water partition coefficient (Wildman–Crippen LogP) is 2.23. The molecule has 0 spiro atoms. The van der Waals surface area contributed by atoms with Crippen LogP contribution >= 0.6 is 11.3 Å². The molecule has 1 amide bonds. The summed E-state index contributed by atoms with van der Waals surface area (Å²) in [6, 6.07) is 3.64. The van der Waals surface area contributed by atoms with Crippen molar-refractivity contribution >= 4 is 46.1 Å². The number of amidine groups is 1. The van der Waals surface area contributed by atoms with Crippen molar-refractivity contribution < 1.29 is 51.7 Å². The zero-order valence-corrected chi connectivity index (χ0v) is 20.8. The molecule has 1 aliphatic rings. The lowest BCUT2D eigenvalue weighted by molar-refractivity contribution is -0.192. The molecule has 0 radical (unpaired) electrons. The van der Waals surface area contributed by atoms with E-state index in [1.807, 2.05) is 4.90 Å². The first-order valence-electron chi connectivity index (χ1n) is 11.1. The second kappa shape index (κ2) is 13.5. The van der Waals surface area contributed by atoms with E-state index in [0.717, 1.165) is 17.4 Å². The summed E-state index contributed by atoms with van der Waals surface area (Å²) in [5.41, 5.74) is 5.49. The van der Waals surface area contributed by atoms with E-state index in [2.05, 4.69) is 10.3 Å². The van der Waals surface area contributed by atoms with E-state index in [-0.39, 0.29) is 46.8 Å². The number of esters is 1. The predicted molar refractivity (Wildman–Crippen MR) is 128 cm³/mol. The van der Waals surface area contributed by atoms with E-state index < -0.39 is 29.9 Å². The Bertz CT molecular complexity index is 1230. The summed E-state index contributed by atoms with van der Waals surface area (Å²) < 4.78 is 50.9. The van der Waals surface area contributed by atoms with Gasteiger partial charge in [0.25, 0.3) is 0 Å². The SMILES string of the molecule is N=C(N)c1ccc(OC(=O)c2cnc(N3CCC(C(=O)NCCC(=O)O)CC3)s2)c(F)c1.O=C(O)C(F)(F)F. The number of aromatic nitrogens is 1. The van der Waals surface area contributed by atoms with Crippen LogP contribution in [0.5, 0.6) is 5.75 Å². The fraction of sp³-hybridized carbons (Fsp3) is 0.364. The van der Waals surface area contributed by atoms with E-state index in [4.69, 9.17) is 30.9 Å². The van der Waals surface area contributed by atoms with E-state index in [9.17, 15) is 31.9 Å². The number of aliphatic carboxylic acids is 2. The number of benzene rings is 1. The highest BCUT2D eigenvalue weighted by Crippen LogP contribution is 2.29. The Balaban J connectivity index is 0.000000673. The van der Waals surface area contributed by atoms with Crippen molar-refractivity contribution in [1.29, 1.82) is 5.41 Å². The summed E-state index contributed by atoms with van der Waals surface area (Å²) in [5, 5.41) is 26.3. The highest BCUT2D eigenvalue weighted by atomic mass is 32.1. The molecule has 1 aliphatic heterocycles. The third-order valence-corrected chi connectivity index (χ3v) is 6.20. The highest BCUT2D eigenvalue weighted by Gasteiger charge is 2.38. The van der Waals surface area contributed by atoms with Crippen LogP contribution in [0.4, 0.5) is 22.7 Å². The number of amides is 1. The fourth-order valence-corrected chi connectivity index (χ4v) is 4.02. The van der Waals surface area contributed by atoms with Crippen molar-refractivity contribution in [2.24, 2.45) is 11.7 Å². The van der Waals surface area contributed by atoms with Crippen molar-refractivity contribution in [3.05, 3.63) is 40.7 Å². The number of alkyl halides is 3. The van der Waals surface area contributed by atoms with Crippen LogP contribution < -0.4 is 20.7 Å². The standard InChI is InChI=1S/C20H22FN5O5S.C2HF3O2/c21-13-9-12(17(22)23)1-2-14(13)31-19(30)15-10-25-20(32-15)26-7-4-11(5-8-26)18(29)24-6-3-16(27)28;3-2(4,5)1(6)7/h1-2,9-11H,3-8H2,(H3,22,23)(H,24,29)(H,27,28);(H,6,7). The number of carbonyl (C=O) groups excluding carboxylic acids is 2. The lowest BCUT2D eigenvalue weighted by atomic mass is 9.96. The van der Waals surface area contributed by atoms with Gasteiger partial charge in [0.15, 0.2) is 16.7 Å². The molecular formula is C22H23F4N5O7S. The Morgan fingerprint density at radius 1 is 1.21 bits per heavy atom. The van der Waals surface area contributed by atoms with E-state index >= 15 is 0 Å². The zero-order valence-electron chi connectivity index (χ0n) is 20.0. The van der Waals surface area contributed by atoms with Crippen molar-refractivity contribution in [2.75, 3.05) is 24.5 Å². The number of carboxylic acid groups (broad SMARTS) is 2. The molecule has 1 aromatic carbocycles. The molecule has 6 N–H and O–H groups in total. The first-order valence-corrected chi connectivity index (χ1v) is 11.9. The molecule has 0 unspecified atom stereocenters. The van der Waals surface area contributed by atoms with E-state index in [1.165, 1.54) is 18.3 Å². The van der Waals surface area contributed by atoms with E-state index in [0.29, 0.717) is 31.1 Å². The van der Waals surface area contributed by atoms with Gasteiger partial charge in [-0.15, -0.1) is 0 Å². The molecule has 2 heterocycles. The van der Waals surface area contributed by atoms with Gasteiger partial charge in [-0.1, -0.05) is 11.3 Å². The molecule has 0 atom stereocenters. The molecule has 2 aromatic rings. The van der Waals surface area contributed by atoms with Gasteiger partial charge in [0.1, 0.15) is 10.7 Å². The van der Waals surface area contributed by atoms with Crippen LogP contribution in [0.15, 0.2) is 24.4 Å². The molecule has 1 fully saturated rings. The average molecular weight is 578 g/mol. The minimum atomic E-state index is -5.08. The lowest BCUT2D eigenvalue weighted by Gasteiger charge is -2.30. The Labute approximate surface area is 221 Å². The fourth-order valence-electron chi connectivity index (χ4n) is 3.18. The highest BCUT2D eigenvalue weighted by molar-refractivity contribution is 7.17.